The Morgan fingerprint density at radius 1 is 1.33 bits per heavy atom. The SMILES string of the molecule is C=C(C)C(=O)OCCCC(=O)CC(C)C. The number of carbonyl (C=O) groups is 2. The molecule has 0 spiro atoms. The summed E-state index contributed by atoms with van der Waals surface area (Å²) < 4.78 is 4.87. The van der Waals surface area contributed by atoms with Gasteiger partial charge in [-0.1, -0.05) is 20.4 Å². The molecule has 0 aromatic rings. The topological polar surface area (TPSA) is 43.4 Å². The molecule has 0 radical (unpaired) electrons. The lowest BCUT2D eigenvalue weighted by Gasteiger charge is -2.05. The molecule has 0 aromatic carbocycles. The number of Topliss-reactive ketones (excluding diaryl/α,β-unsaturated/α-hetero) is 1. The summed E-state index contributed by atoms with van der Waals surface area (Å²) in [5.74, 6) is 0.248. The molecule has 0 saturated carbocycles. The molecule has 0 aliphatic rings. The Kier molecular flexibility index (Phi) is 6.67. The maximum absolute atomic E-state index is 11.3. The lowest BCUT2D eigenvalue weighted by atomic mass is 10.0. The molecule has 86 valence electrons. The molecule has 0 aliphatic heterocycles. The van der Waals surface area contributed by atoms with Crippen LogP contribution in [-0.2, 0) is 14.3 Å². The second-order valence-electron chi connectivity index (χ2n) is 4.16. The molecule has 0 aromatic heterocycles. The number of ether oxygens (including phenoxy) is 1. The van der Waals surface area contributed by atoms with Crippen LogP contribution in [0.4, 0.5) is 0 Å². The van der Waals surface area contributed by atoms with E-state index < -0.39 is 0 Å². The van der Waals surface area contributed by atoms with Crippen LogP contribution in [0.5, 0.6) is 0 Å². The van der Waals surface area contributed by atoms with Gasteiger partial charge in [0.25, 0.3) is 0 Å². The average molecular weight is 212 g/mol. The van der Waals surface area contributed by atoms with Crippen molar-refractivity contribution < 1.29 is 14.3 Å². The molecule has 0 rings (SSSR count). The van der Waals surface area contributed by atoms with Crippen LogP contribution in [0.1, 0.15) is 40.0 Å². The lowest BCUT2D eigenvalue weighted by Crippen LogP contribution is -2.08. The highest BCUT2D eigenvalue weighted by Crippen LogP contribution is 2.05. The van der Waals surface area contributed by atoms with Crippen LogP contribution in [0.15, 0.2) is 12.2 Å². The van der Waals surface area contributed by atoms with Crippen LogP contribution in [0.2, 0.25) is 0 Å². The van der Waals surface area contributed by atoms with E-state index in [-0.39, 0.29) is 11.8 Å². The first-order valence-corrected chi connectivity index (χ1v) is 5.27. The Bertz CT molecular complexity index is 241. The zero-order valence-electron chi connectivity index (χ0n) is 9.84. The summed E-state index contributed by atoms with van der Waals surface area (Å²) >= 11 is 0. The third-order valence-corrected chi connectivity index (χ3v) is 1.82. The van der Waals surface area contributed by atoms with Crippen molar-refractivity contribution in [3.63, 3.8) is 0 Å². The molecular formula is C12H20O3. The molecule has 15 heavy (non-hydrogen) atoms. The highest BCUT2D eigenvalue weighted by molar-refractivity contribution is 5.86. The maximum atomic E-state index is 11.3. The first-order valence-electron chi connectivity index (χ1n) is 5.27. The van der Waals surface area contributed by atoms with Gasteiger partial charge in [0, 0.05) is 18.4 Å². The largest absolute Gasteiger partial charge is 0.462 e. The molecule has 0 saturated heterocycles. The van der Waals surface area contributed by atoms with Gasteiger partial charge in [0.15, 0.2) is 0 Å². The summed E-state index contributed by atoms with van der Waals surface area (Å²) in [6, 6.07) is 0. The predicted molar refractivity (Wildman–Crippen MR) is 59.5 cm³/mol. The van der Waals surface area contributed by atoms with E-state index in [0.29, 0.717) is 37.4 Å². The van der Waals surface area contributed by atoms with Gasteiger partial charge >= 0.3 is 5.97 Å². The van der Waals surface area contributed by atoms with Gasteiger partial charge in [-0.25, -0.2) is 4.79 Å². The molecule has 0 aliphatic carbocycles. The van der Waals surface area contributed by atoms with Gasteiger partial charge in [-0.05, 0) is 19.3 Å². The molecular weight excluding hydrogens is 192 g/mol. The van der Waals surface area contributed by atoms with Crippen molar-refractivity contribution in [2.75, 3.05) is 6.61 Å². The minimum atomic E-state index is -0.383. The summed E-state index contributed by atoms with van der Waals surface area (Å²) in [5, 5.41) is 0. The second kappa shape index (κ2) is 7.21. The van der Waals surface area contributed by atoms with Crippen LogP contribution < -0.4 is 0 Å². The molecule has 3 nitrogen and oxygen atoms in total. The van der Waals surface area contributed by atoms with Crippen molar-refractivity contribution in [1.82, 2.24) is 0 Å². The van der Waals surface area contributed by atoms with Crippen molar-refractivity contribution in [3.8, 4) is 0 Å². The summed E-state index contributed by atoms with van der Waals surface area (Å²) in [5.41, 5.74) is 0.392. The molecule has 0 unspecified atom stereocenters. The smallest absolute Gasteiger partial charge is 0.333 e. The fourth-order valence-corrected chi connectivity index (χ4v) is 1.11. The van der Waals surface area contributed by atoms with Crippen molar-refractivity contribution in [3.05, 3.63) is 12.2 Å². The Hall–Kier alpha value is -1.12. The van der Waals surface area contributed by atoms with Gasteiger partial charge in [0.2, 0.25) is 0 Å². The first kappa shape index (κ1) is 13.9. The van der Waals surface area contributed by atoms with Crippen LogP contribution >= 0.6 is 0 Å². The zero-order chi connectivity index (χ0) is 11.8. The van der Waals surface area contributed by atoms with E-state index in [1.165, 1.54) is 0 Å². The van der Waals surface area contributed by atoms with E-state index in [1.807, 2.05) is 13.8 Å². The second-order valence-corrected chi connectivity index (χ2v) is 4.16. The average Bonchev–Trinajstić information content (AvgIpc) is 2.10. The van der Waals surface area contributed by atoms with Gasteiger partial charge in [-0.3, -0.25) is 4.79 Å². The van der Waals surface area contributed by atoms with Crippen molar-refractivity contribution >= 4 is 11.8 Å². The van der Waals surface area contributed by atoms with Crippen LogP contribution in [-0.4, -0.2) is 18.4 Å². The minimum absolute atomic E-state index is 0.233. The van der Waals surface area contributed by atoms with Gasteiger partial charge in [0.05, 0.1) is 6.61 Å². The van der Waals surface area contributed by atoms with Crippen molar-refractivity contribution in [2.45, 2.75) is 40.0 Å². The van der Waals surface area contributed by atoms with Crippen molar-refractivity contribution in [1.29, 1.82) is 0 Å². The monoisotopic (exact) mass is 212 g/mol. The van der Waals surface area contributed by atoms with E-state index in [2.05, 4.69) is 6.58 Å². The molecule has 0 bridgehead atoms. The molecule has 0 amide bonds. The standard InChI is InChI=1S/C12H20O3/c1-9(2)8-11(13)6-5-7-15-12(14)10(3)4/h9H,3,5-8H2,1-2,4H3. The highest BCUT2D eigenvalue weighted by atomic mass is 16.5. The fraction of sp³-hybridized carbons (Fsp3) is 0.667. The summed E-state index contributed by atoms with van der Waals surface area (Å²) in [6.07, 6.45) is 1.70. The van der Waals surface area contributed by atoms with Gasteiger partial charge in [0.1, 0.15) is 5.78 Å². The van der Waals surface area contributed by atoms with Gasteiger partial charge in [-0.15, -0.1) is 0 Å². The third kappa shape index (κ3) is 7.91. The number of hydrogen-bond acceptors (Lipinski definition) is 3. The molecule has 3 heteroatoms. The van der Waals surface area contributed by atoms with Gasteiger partial charge < -0.3 is 4.74 Å². The molecule has 0 heterocycles. The van der Waals surface area contributed by atoms with E-state index in [9.17, 15) is 9.59 Å². The predicted octanol–water partition coefficient (Wildman–Crippen LogP) is 2.50. The number of hydrogen-bond donors (Lipinski definition) is 0. The minimum Gasteiger partial charge on any atom is -0.462 e. The zero-order valence-corrected chi connectivity index (χ0v) is 9.84. The highest BCUT2D eigenvalue weighted by Gasteiger charge is 2.06. The van der Waals surface area contributed by atoms with Crippen LogP contribution in [0.3, 0.4) is 0 Å². The van der Waals surface area contributed by atoms with E-state index >= 15 is 0 Å². The molecule has 0 N–H and O–H groups in total. The molecule has 0 fully saturated rings. The quantitative estimate of drug-likeness (QED) is 0.370. The lowest BCUT2D eigenvalue weighted by molar-refractivity contribution is -0.139. The van der Waals surface area contributed by atoms with E-state index in [0.717, 1.165) is 0 Å². The Morgan fingerprint density at radius 3 is 2.40 bits per heavy atom. The normalized spacial score (nSPS) is 10.1. The summed E-state index contributed by atoms with van der Waals surface area (Å²) in [7, 11) is 0. The maximum Gasteiger partial charge on any atom is 0.333 e. The number of rotatable bonds is 7. The number of esters is 1. The van der Waals surface area contributed by atoms with E-state index in [1.54, 1.807) is 6.92 Å². The summed E-state index contributed by atoms with van der Waals surface area (Å²) in [4.78, 5) is 22.2. The Balaban J connectivity index is 3.50. The number of ketones is 1. The van der Waals surface area contributed by atoms with Crippen LogP contribution in [0, 0.1) is 5.92 Å². The van der Waals surface area contributed by atoms with Crippen LogP contribution in [0.25, 0.3) is 0 Å². The van der Waals surface area contributed by atoms with Gasteiger partial charge in [-0.2, -0.15) is 0 Å². The fourth-order valence-electron chi connectivity index (χ4n) is 1.11. The number of carbonyl (C=O) groups excluding carboxylic acids is 2. The Morgan fingerprint density at radius 2 is 1.93 bits per heavy atom. The van der Waals surface area contributed by atoms with E-state index in [4.69, 9.17) is 4.74 Å². The Labute approximate surface area is 91.5 Å². The summed E-state index contributed by atoms with van der Waals surface area (Å²) in [6.45, 7) is 9.40. The van der Waals surface area contributed by atoms with Crippen molar-refractivity contribution in [2.24, 2.45) is 5.92 Å². The third-order valence-electron chi connectivity index (χ3n) is 1.82. The first-order chi connectivity index (χ1) is 6.93. The molecule has 0 atom stereocenters.